The number of aromatic nitrogens is 2. The molecule has 2 aliphatic rings. The Bertz CT molecular complexity index is 2380. The molecule has 1 N–H and O–H groups in total. The highest BCUT2D eigenvalue weighted by Gasteiger charge is 2.48. The molecular weight excluding hydrogens is 742 g/mol. The van der Waals surface area contributed by atoms with Gasteiger partial charge >= 0.3 is 6.09 Å². The molecule has 0 bridgehead atoms. The Labute approximate surface area is 345 Å². The van der Waals surface area contributed by atoms with Crippen LogP contribution in [0, 0.1) is 17.2 Å². The molecule has 8 nitrogen and oxygen atoms in total. The van der Waals surface area contributed by atoms with E-state index in [9.17, 15) is 14.9 Å². The molecule has 5 aromatic carbocycles. The summed E-state index contributed by atoms with van der Waals surface area (Å²) >= 11 is 6.78. The van der Waals surface area contributed by atoms with Crippen molar-refractivity contribution in [1.29, 1.82) is 5.26 Å². The molecule has 1 atom stereocenters. The molecule has 1 unspecified atom stereocenters. The predicted octanol–water partition coefficient (Wildman–Crippen LogP) is 11.4. The van der Waals surface area contributed by atoms with Crippen molar-refractivity contribution in [3.63, 3.8) is 0 Å². The summed E-state index contributed by atoms with van der Waals surface area (Å²) in [5.74, 6) is -0.291. The minimum Gasteiger partial charge on any atom is -0.444 e. The van der Waals surface area contributed by atoms with Crippen molar-refractivity contribution < 1.29 is 14.3 Å². The Morgan fingerprint density at radius 1 is 0.810 bits per heavy atom. The van der Waals surface area contributed by atoms with Crippen molar-refractivity contribution in [2.24, 2.45) is 5.92 Å². The van der Waals surface area contributed by atoms with Crippen LogP contribution in [0.2, 0.25) is 5.02 Å². The first kappa shape index (κ1) is 38.9. The molecule has 2 heterocycles. The van der Waals surface area contributed by atoms with E-state index in [-0.39, 0.29) is 24.1 Å². The second-order valence-electron chi connectivity index (χ2n) is 16.7. The van der Waals surface area contributed by atoms with Crippen LogP contribution in [-0.4, -0.2) is 44.4 Å². The summed E-state index contributed by atoms with van der Waals surface area (Å²) in [7, 11) is 0. The van der Waals surface area contributed by atoms with Gasteiger partial charge in [-0.1, -0.05) is 128 Å². The number of nitrogens with zero attached hydrogens (tertiary/aromatic N) is 4. The third-order valence-corrected chi connectivity index (χ3v) is 12.3. The van der Waals surface area contributed by atoms with Gasteiger partial charge in [-0.05, 0) is 99.0 Å². The summed E-state index contributed by atoms with van der Waals surface area (Å²) in [4.78, 5) is 30.4. The molecule has 9 heteroatoms. The molecule has 1 aliphatic carbocycles. The van der Waals surface area contributed by atoms with Crippen LogP contribution in [0.25, 0.3) is 22.0 Å². The van der Waals surface area contributed by atoms with E-state index in [4.69, 9.17) is 21.4 Å². The highest BCUT2D eigenvalue weighted by molar-refractivity contribution is 6.33. The number of nitriles is 1. The first-order chi connectivity index (χ1) is 28.0. The smallest absolute Gasteiger partial charge is 0.410 e. The highest BCUT2D eigenvalue weighted by Crippen LogP contribution is 2.46. The number of ether oxygens (including phenoxy) is 1. The van der Waals surface area contributed by atoms with Crippen LogP contribution in [0.1, 0.15) is 88.0 Å². The fourth-order valence-corrected chi connectivity index (χ4v) is 9.41. The summed E-state index contributed by atoms with van der Waals surface area (Å²) in [6.45, 7) is 5.91. The van der Waals surface area contributed by atoms with Crippen LogP contribution in [0.3, 0.4) is 0 Å². The lowest BCUT2D eigenvalue weighted by atomic mass is 9.72. The highest BCUT2D eigenvalue weighted by atomic mass is 35.5. The summed E-state index contributed by atoms with van der Waals surface area (Å²) in [5.41, 5.74) is 3.78. The topological polar surface area (TPSA) is 100 Å². The van der Waals surface area contributed by atoms with Gasteiger partial charge in [-0.15, -0.1) is 0 Å². The molecule has 1 spiro atoms. The van der Waals surface area contributed by atoms with E-state index >= 15 is 0 Å². The number of amides is 2. The predicted molar refractivity (Wildman–Crippen MR) is 230 cm³/mol. The number of fused-ring (bicyclic) bond motifs is 1. The van der Waals surface area contributed by atoms with Crippen molar-refractivity contribution in [1.82, 2.24) is 14.7 Å². The van der Waals surface area contributed by atoms with E-state index in [2.05, 4.69) is 47.8 Å². The lowest BCUT2D eigenvalue weighted by Gasteiger charge is -2.51. The van der Waals surface area contributed by atoms with Gasteiger partial charge in [0.1, 0.15) is 11.1 Å². The average Bonchev–Trinajstić information content (AvgIpc) is 3.59. The van der Waals surface area contributed by atoms with Crippen LogP contribution in [-0.2, 0) is 15.1 Å². The van der Waals surface area contributed by atoms with Crippen molar-refractivity contribution >= 4 is 40.3 Å². The van der Waals surface area contributed by atoms with Gasteiger partial charge in [-0.3, -0.25) is 4.79 Å². The van der Waals surface area contributed by atoms with Gasteiger partial charge < -0.3 is 15.0 Å². The summed E-state index contributed by atoms with van der Waals surface area (Å²) in [6.07, 6.45) is 6.09. The monoisotopic (exact) mass is 789 g/mol. The lowest BCUT2D eigenvalue weighted by molar-refractivity contribution is -0.123. The second kappa shape index (κ2) is 15.8. The van der Waals surface area contributed by atoms with E-state index in [1.807, 2.05) is 103 Å². The van der Waals surface area contributed by atoms with Crippen LogP contribution >= 0.6 is 11.6 Å². The number of rotatable bonds is 7. The van der Waals surface area contributed by atoms with Crippen LogP contribution in [0.4, 0.5) is 10.6 Å². The molecule has 6 aromatic rings. The number of anilines is 1. The van der Waals surface area contributed by atoms with Gasteiger partial charge in [0.2, 0.25) is 5.91 Å². The van der Waals surface area contributed by atoms with E-state index in [1.165, 1.54) is 0 Å². The van der Waals surface area contributed by atoms with Gasteiger partial charge in [0.25, 0.3) is 0 Å². The third kappa shape index (κ3) is 7.24. The Morgan fingerprint density at radius 2 is 1.41 bits per heavy atom. The molecule has 2 fully saturated rings. The number of piperidine rings is 1. The van der Waals surface area contributed by atoms with E-state index in [1.54, 1.807) is 18.2 Å². The molecule has 1 aromatic heterocycles. The molecule has 294 valence electrons. The zero-order chi connectivity index (χ0) is 40.5. The summed E-state index contributed by atoms with van der Waals surface area (Å²) in [5, 5.41) is 19.7. The molecule has 58 heavy (non-hydrogen) atoms. The second-order valence-corrected chi connectivity index (χ2v) is 17.1. The fourth-order valence-electron chi connectivity index (χ4n) is 9.19. The Hall–Kier alpha value is -5.91. The molecular formula is C49H48ClN5O3. The zero-order valence-electron chi connectivity index (χ0n) is 33.3. The van der Waals surface area contributed by atoms with Gasteiger partial charge in [0.05, 0.1) is 23.1 Å². The van der Waals surface area contributed by atoms with Crippen molar-refractivity contribution in [3.8, 4) is 17.2 Å². The number of hydrogen-bond acceptors (Lipinski definition) is 5. The number of carbonyl (C=O) groups is 2. The maximum atomic E-state index is 14.7. The number of benzene rings is 5. The fraction of sp³-hybridized carbons (Fsp3) is 0.306. The molecule has 8 rings (SSSR count). The lowest BCUT2D eigenvalue weighted by Crippen LogP contribution is -2.59. The van der Waals surface area contributed by atoms with Gasteiger partial charge in [-0.2, -0.15) is 10.4 Å². The number of halogens is 1. The number of carbonyl (C=O) groups excluding carboxylic acids is 2. The molecule has 1 aliphatic heterocycles. The molecule has 1 saturated carbocycles. The van der Waals surface area contributed by atoms with Crippen LogP contribution in [0.15, 0.2) is 127 Å². The van der Waals surface area contributed by atoms with E-state index in [0.29, 0.717) is 33.8 Å². The SMILES string of the molecule is CC(C)(C)OC(=O)N1CC(C(=O)Nc2nn(C(c3ccccc3)(c3ccccc3)c3ccccc3)c3ccc(-c4cc(C#N)ccc4Cl)cc23)CCC12CCCCC2. The molecule has 1 saturated heterocycles. The maximum absolute atomic E-state index is 14.7. The average molecular weight is 790 g/mol. The first-order valence-corrected chi connectivity index (χ1v) is 20.6. The van der Waals surface area contributed by atoms with Crippen LogP contribution in [0.5, 0.6) is 0 Å². The largest absolute Gasteiger partial charge is 0.444 e. The van der Waals surface area contributed by atoms with Crippen molar-refractivity contribution in [2.45, 2.75) is 82.4 Å². The van der Waals surface area contributed by atoms with Gasteiger partial charge in [0, 0.05) is 28.1 Å². The zero-order valence-corrected chi connectivity index (χ0v) is 34.0. The van der Waals surface area contributed by atoms with Gasteiger partial charge in [0.15, 0.2) is 5.82 Å². The Balaban J connectivity index is 1.29. The van der Waals surface area contributed by atoms with Crippen LogP contribution < -0.4 is 5.32 Å². The third-order valence-electron chi connectivity index (χ3n) is 11.9. The number of hydrogen-bond donors (Lipinski definition) is 1. The first-order valence-electron chi connectivity index (χ1n) is 20.2. The van der Waals surface area contributed by atoms with Crippen molar-refractivity contribution in [3.05, 3.63) is 155 Å². The Kier molecular flexibility index (Phi) is 10.6. The quantitative estimate of drug-likeness (QED) is 0.162. The Morgan fingerprint density at radius 3 is 1.98 bits per heavy atom. The molecule has 0 radical (unpaired) electrons. The minimum atomic E-state index is -0.962. The number of nitrogens with one attached hydrogen (secondary N) is 1. The summed E-state index contributed by atoms with van der Waals surface area (Å²) in [6, 6.07) is 44.3. The summed E-state index contributed by atoms with van der Waals surface area (Å²) < 4.78 is 7.99. The standard InChI is InChI=1S/C49H48ClN5O3/c1-47(2,3)58-46(57)54-33-36(26-29-48(54)27-14-7-15-28-48)45(56)52-44-41-31-35(40-30-34(32-51)22-24-42(40)50)23-25-43(41)55(53-44)49(37-16-8-4-9-17-37,38-18-10-5-11-19-38)39-20-12-6-13-21-39/h4-6,8-13,16-25,30-31,36H,7,14-15,26-29,33H2,1-3H3,(H,52,53,56). The minimum absolute atomic E-state index is 0.203. The van der Waals surface area contributed by atoms with E-state index in [0.717, 1.165) is 66.3 Å². The normalized spacial score (nSPS) is 16.8. The maximum Gasteiger partial charge on any atom is 0.410 e. The van der Waals surface area contributed by atoms with Crippen molar-refractivity contribution in [2.75, 3.05) is 11.9 Å². The van der Waals surface area contributed by atoms with Gasteiger partial charge in [-0.25, -0.2) is 9.48 Å². The number of likely N-dealkylation sites (tertiary alicyclic amines) is 1. The molecule has 2 amide bonds. The van der Waals surface area contributed by atoms with E-state index < -0.39 is 17.1 Å².